The van der Waals surface area contributed by atoms with Crippen LogP contribution in [0.2, 0.25) is 0 Å². The Labute approximate surface area is 158 Å². The van der Waals surface area contributed by atoms with Gasteiger partial charge in [-0.3, -0.25) is 9.48 Å². The van der Waals surface area contributed by atoms with Crippen LogP contribution < -0.4 is 14.8 Å². The molecular weight excluding hydrogens is 350 g/mol. The molecule has 0 unspecified atom stereocenters. The molecule has 2 rings (SSSR count). The van der Waals surface area contributed by atoms with Crippen LogP contribution in [0.1, 0.15) is 25.2 Å². The van der Waals surface area contributed by atoms with Crippen molar-refractivity contribution in [3.63, 3.8) is 0 Å². The number of rotatable bonds is 8. The van der Waals surface area contributed by atoms with Gasteiger partial charge >= 0.3 is 5.97 Å². The highest BCUT2D eigenvalue weighted by Crippen LogP contribution is 2.19. The lowest BCUT2D eigenvalue weighted by Crippen LogP contribution is -2.32. The second kappa shape index (κ2) is 9.07. The van der Waals surface area contributed by atoms with Crippen LogP contribution in [0.15, 0.2) is 24.3 Å². The summed E-state index contributed by atoms with van der Waals surface area (Å²) in [4.78, 5) is 24.2. The summed E-state index contributed by atoms with van der Waals surface area (Å²) in [5.74, 6) is 0.169. The molecule has 8 nitrogen and oxygen atoms in total. The number of aryl methyl sites for hydroxylation is 2. The third-order valence-corrected chi connectivity index (χ3v) is 3.93. The number of anilines is 1. The Morgan fingerprint density at radius 1 is 1.15 bits per heavy atom. The Morgan fingerprint density at radius 2 is 1.74 bits per heavy atom. The monoisotopic (exact) mass is 375 g/mol. The molecule has 0 fully saturated rings. The molecule has 0 spiro atoms. The molecule has 146 valence electrons. The van der Waals surface area contributed by atoms with Gasteiger partial charge in [0.25, 0.3) is 5.91 Å². The minimum atomic E-state index is -0.958. The number of aromatic nitrogens is 2. The van der Waals surface area contributed by atoms with Gasteiger partial charge in [-0.05, 0) is 52.0 Å². The van der Waals surface area contributed by atoms with E-state index in [9.17, 15) is 9.59 Å². The van der Waals surface area contributed by atoms with Gasteiger partial charge in [-0.2, -0.15) is 5.10 Å². The predicted molar refractivity (Wildman–Crippen MR) is 100.0 cm³/mol. The second-order valence-electron chi connectivity index (χ2n) is 5.98. The van der Waals surface area contributed by atoms with E-state index in [4.69, 9.17) is 14.2 Å². The van der Waals surface area contributed by atoms with Crippen molar-refractivity contribution in [1.82, 2.24) is 9.78 Å². The molecule has 1 heterocycles. The van der Waals surface area contributed by atoms with Crippen molar-refractivity contribution in [2.24, 2.45) is 7.05 Å². The fourth-order valence-corrected chi connectivity index (χ4v) is 2.41. The van der Waals surface area contributed by atoms with Gasteiger partial charge in [-0.25, -0.2) is 4.79 Å². The summed E-state index contributed by atoms with van der Waals surface area (Å²) in [6.45, 7) is 7.32. The van der Waals surface area contributed by atoms with E-state index >= 15 is 0 Å². The summed E-state index contributed by atoms with van der Waals surface area (Å²) in [6, 6.07) is 6.89. The van der Waals surface area contributed by atoms with Gasteiger partial charge in [0.05, 0.1) is 23.7 Å². The summed E-state index contributed by atoms with van der Waals surface area (Å²) < 4.78 is 17.5. The number of hydrogen-bond acceptors (Lipinski definition) is 6. The zero-order chi connectivity index (χ0) is 20.0. The lowest BCUT2D eigenvalue weighted by atomic mass is 10.3. The molecule has 0 aliphatic rings. The topological polar surface area (TPSA) is 91.7 Å². The number of benzene rings is 1. The van der Waals surface area contributed by atoms with Crippen LogP contribution in [0.4, 0.5) is 5.69 Å². The minimum Gasteiger partial charge on any atom is -0.494 e. The van der Waals surface area contributed by atoms with Gasteiger partial charge in [-0.1, -0.05) is 0 Å². The Bertz CT molecular complexity index is 798. The van der Waals surface area contributed by atoms with E-state index in [-0.39, 0.29) is 6.61 Å². The third-order valence-electron chi connectivity index (χ3n) is 3.93. The van der Waals surface area contributed by atoms with Gasteiger partial charge < -0.3 is 19.5 Å². The van der Waals surface area contributed by atoms with E-state index < -0.39 is 18.0 Å². The Balaban J connectivity index is 1.82. The molecule has 0 saturated heterocycles. The molecule has 1 aromatic carbocycles. The first-order chi connectivity index (χ1) is 12.8. The summed E-state index contributed by atoms with van der Waals surface area (Å²) in [5.41, 5.74) is 2.13. The highest BCUT2D eigenvalue weighted by atomic mass is 16.6. The second-order valence-corrected chi connectivity index (χ2v) is 5.98. The quantitative estimate of drug-likeness (QED) is 0.713. The largest absolute Gasteiger partial charge is 0.494 e. The van der Waals surface area contributed by atoms with E-state index in [1.807, 2.05) is 13.8 Å². The summed E-state index contributed by atoms with van der Waals surface area (Å²) in [7, 11) is 1.79. The van der Waals surface area contributed by atoms with Gasteiger partial charge in [0.2, 0.25) is 0 Å². The molecule has 1 amide bonds. The normalized spacial score (nSPS) is 11.6. The first-order valence-corrected chi connectivity index (χ1v) is 8.68. The molecule has 0 aliphatic heterocycles. The van der Waals surface area contributed by atoms with E-state index in [0.717, 1.165) is 11.4 Å². The zero-order valence-corrected chi connectivity index (χ0v) is 16.2. The first-order valence-electron chi connectivity index (χ1n) is 8.68. The maximum absolute atomic E-state index is 12.3. The maximum Gasteiger partial charge on any atom is 0.344 e. The number of esters is 1. The summed E-state index contributed by atoms with van der Waals surface area (Å²) in [6.07, 6.45) is -0.958. The van der Waals surface area contributed by atoms with Crippen LogP contribution in [0, 0.1) is 13.8 Å². The molecule has 0 saturated carbocycles. The number of hydrogen-bond donors (Lipinski definition) is 1. The molecule has 0 aliphatic carbocycles. The highest BCUT2D eigenvalue weighted by molar-refractivity contribution is 5.96. The SMILES string of the molecule is CCOc1ccc(OCC(=O)O[C@@H](C)C(=O)Nc2c(C)nn(C)c2C)cc1. The Kier molecular flexibility index (Phi) is 6.81. The van der Waals surface area contributed by atoms with Crippen molar-refractivity contribution in [3.05, 3.63) is 35.7 Å². The number of ether oxygens (including phenoxy) is 3. The van der Waals surface area contributed by atoms with Gasteiger partial charge in [-0.15, -0.1) is 0 Å². The van der Waals surface area contributed by atoms with Gasteiger partial charge in [0, 0.05) is 7.05 Å². The lowest BCUT2D eigenvalue weighted by Gasteiger charge is -2.14. The summed E-state index contributed by atoms with van der Waals surface area (Å²) >= 11 is 0. The van der Waals surface area contributed by atoms with Crippen LogP contribution in [-0.4, -0.2) is 41.0 Å². The molecule has 1 atom stereocenters. The average Bonchev–Trinajstić information content (AvgIpc) is 2.87. The number of carbonyl (C=O) groups excluding carboxylic acids is 2. The van der Waals surface area contributed by atoms with Crippen LogP contribution in [0.25, 0.3) is 0 Å². The molecular formula is C19H25N3O5. The van der Waals surface area contributed by atoms with Crippen molar-refractivity contribution in [2.45, 2.75) is 33.8 Å². The molecule has 0 radical (unpaired) electrons. The van der Waals surface area contributed by atoms with E-state index in [0.29, 0.717) is 23.7 Å². The maximum atomic E-state index is 12.3. The zero-order valence-electron chi connectivity index (χ0n) is 16.2. The van der Waals surface area contributed by atoms with E-state index in [2.05, 4.69) is 10.4 Å². The first kappa shape index (κ1) is 20.3. The lowest BCUT2D eigenvalue weighted by molar-refractivity contribution is -0.155. The minimum absolute atomic E-state index is 0.295. The van der Waals surface area contributed by atoms with Crippen molar-refractivity contribution in [3.8, 4) is 11.5 Å². The molecule has 1 N–H and O–H groups in total. The molecule has 2 aromatic rings. The molecule has 27 heavy (non-hydrogen) atoms. The molecule has 1 aromatic heterocycles. The highest BCUT2D eigenvalue weighted by Gasteiger charge is 2.21. The number of nitrogens with zero attached hydrogens (tertiary/aromatic N) is 2. The molecule has 8 heteroatoms. The van der Waals surface area contributed by atoms with Crippen LogP contribution in [0.5, 0.6) is 11.5 Å². The fourth-order valence-electron chi connectivity index (χ4n) is 2.41. The Morgan fingerprint density at radius 3 is 2.26 bits per heavy atom. The summed E-state index contributed by atoms with van der Waals surface area (Å²) in [5, 5.41) is 6.97. The third kappa shape index (κ3) is 5.47. The average molecular weight is 375 g/mol. The van der Waals surface area contributed by atoms with Crippen molar-refractivity contribution in [1.29, 1.82) is 0 Å². The smallest absolute Gasteiger partial charge is 0.344 e. The Hall–Kier alpha value is -3.03. The van der Waals surface area contributed by atoms with Crippen molar-refractivity contribution < 1.29 is 23.8 Å². The van der Waals surface area contributed by atoms with Crippen LogP contribution in [0.3, 0.4) is 0 Å². The number of amides is 1. The van der Waals surface area contributed by atoms with Gasteiger partial charge in [0.15, 0.2) is 12.7 Å². The van der Waals surface area contributed by atoms with Crippen LogP contribution >= 0.6 is 0 Å². The molecule has 0 bridgehead atoms. The van der Waals surface area contributed by atoms with E-state index in [1.54, 1.807) is 42.9 Å². The number of nitrogens with one attached hydrogen (secondary N) is 1. The van der Waals surface area contributed by atoms with Crippen LogP contribution in [-0.2, 0) is 21.4 Å². The fraction of sp³-hybridized carbons (Fsp3) is 0.421. The standard InChI is InChI=1S/C19H25N3O5/c1-6-25-15-7-9-16(10-8-15)26-11-17(23)27-14(4)19(24)20-18-12(2)21-22(5)13(18)3/h7-10,14H,6,11H2,1-5H3,(H,20,24)/t14-/m0/s1. The van der Waals surface area contributed by atoms with Crippen molar-refractivity contribution >= 4 is 17.6 Å². The predicted octanol–water partition coefficient (Wildman–Crippen LogP) is 2.38. The number of carbonyl (C=O) groups is 2. The van der Waals surface area contributed by atoms with Crippen molar-refractivity contribution in [2.75, 3.05) is 18.5 Å². The van der Waals surface area contributed by atoms with Gasteiger partial charge in [0.1, 0.15) is 11.5 Å². The van der Waals surface area contributed by atoms with E-state index in [1.165, 1.54) is 6.92 Å².